The first-order valence-electron chi connectivity index (χ1n) is 7.69. The second-order valence-corrected chi connectivity index (χ2v) is 5.85. The predicted molar refractivity (Wildman–Crippen MR) is 77.4 cm³/mol. The monoisotopic (exact) mass is 260 g/mol. The molecule has 0 bridgehead atoms. The number of hydrogen-bond acceptors (Lipinski definition) is 4. The van der Waals surface area contributed by atoms with Gasteiger partial charge >= 0.3 is 0 Å². The number of anilines is 1. The van der Waals surface area contributed by atoms with E-state index in [1.165, 1.54) is 50.6 Å². The summed E-state index contributed by atoms with van der Waals surface area (Å²) in [7, 11) is 0. The molecule has 0 unspecified atom stereocenters. The molecule has 0 aliphatic heterocycles. The Kier molecular flexibility index (Phi) is 3.97. The summed E-state index contributed by atoms with van der Waals surface area (Å²) >= 11 is 0. The zero-order valence-corrected chi connectivity index (χ0v) is 11.6. The molecule has 4 heteroatoms. The SMILES string of the molecule is NCCNc1cnc(C2CC2)nc1C1CCCCC1. The first kappa shape index (κ1) is 12.9. The number of rotatable bonds is 5. The Balaban J connectivity index is 1.84. The molecule has 0 radical (unpaired) electrons. The number of nitrogens with zero attached hydrogens (tertiary/aromatic N) is 2. The van der Waals surface area contributed by atoms with E-state index in [2.05, 4.69) is 10.3 Å². The summed E-state index contributed by atoms with van der Waals surface area (Å²) in [6.45, 7) is 1.44. The van der Waals surface area contributed by atoms with Crippen molar-refractivity contribution in [1.29, 1.82) is 0 Å². The lowest BCUT2D eigenvalue weighted by molar-refractivity contribution is 0.436. The van der Waals surface area contributed by atoms with Crippen molar-refractivity contribution in [3.05, 3.63) is 17.7 Å². The highest BCUT2D eigenvalue weighted by molar-refractivity contribution is 5.48. The summed E-state index contributed by atoms with van der Waals surface area (Å²) in [5.41, 5.74) is 7.96. The van der Waals surface area contributed by atoms with E-state index in [0.29, 0.717) is 18.4 Å². The van der Waals surface area contributed by atoms with E-state index in [1.807, 2.05) is 6.20 Å². The van der Waals surface area contributed by atoms with Crippen molar-refractivity contribution >= 4 is 5.69 Å². The number of nitrogens with two attached hydrogens (primary N) is 1. The minimum Gasteiger partial charge on any atom is -0.381 e. The average molecular weight is 260 g/mol. The van der Waals surface area contributed by atoms with Gasteiger partial charge in [0.15, 0.2) is 0 Å². The van der Waals surface area contributed by atoms with Gasteiger partial charge in [-0.1, -0.05) is 19.3 Å². The maximum Gasteiger partial charge on any atom is 0.131 e. The first-order chi connectivity index (χ1) is 9.38. The van der Waals surface area contributed by atoms with Gasteiger partial charge in [0.1, 0.15) is 5.82 Å². The van der Waals surface area contributed by atoms with Crippen LogP contribution in [0.1, 0.15) is 68.3 Å². The van der Waals surface area contributed by atoms with Crippen LogP contribution in [0.3, 0.4) is 0 Å². The van der Waals surface area contributed by atoms with Crippen molar-refractivity contribution in [2.75, 3.05) is 18.4 Å². The third-order valence-corrected chi connectivity index (χ3v) is 4.23. The van der Waals surface area contributed by atoms with Gasteiger partial charge in [0.25, 0.3) is 0 Å². The largest absolute Gasteiger partial charge is 0.381 e. The van der Waals surface area contributed by atoms with E-state index in [1.54, 1.807) is 0 Å². The lowest BCUT2D eigenvalue weighted by atomic mass is 9.86. The first-order valence-corrected chi connectivity index (χ1v) is 7.69. The van der Waals surface area contributed by atoms with Gasteiger partial charge < -0.3 is 11.1 Å². The third kappa shape index (κ3) is 3.06. The summed E-state index contributed by atoms with van der Waals surface area (Å²) in [6, 6.07) is 0. The molecule has 3 N–H and O–H groups in total. The molecule has 0 amide bonds. The van der Waals surface area contributed by atoms with Crippen molar-refractivity contribution in [3.8, 4) is 0 Å². The third-order valence-electron chi connectivity index (χ3n) is 4.23. The Morgan fingerprint density at radius 2 is 1.89 bits per heavy atom. The van der Waals surface area contributed by atoms with Crippen LogP contribution in [0.4, 0.5) is 5.69 Å². The second kappa shape index (κ2) is 5.87. The summed E-state index contributed by atoms with van der Waals surface area (Å²) in [5, 5.41) is 3.40. The fourth-order valence-electron chi connectivity index (χ4n) is 2.98. The van der Waals surface area contributed by atoms with Crippen molar-refractivity contribution in [2.24, 2.45) is 5.73 Å². The van der Waals surface area contributed by atoms with Crippen LogP contribution in [-0.4, -0.2) is 23.1 Å². The van der Waals surface area contributed by atoms with Gasteiger partial charge in [-0.3, -0.25) is 0 Å². The molecule has 2 aliphatic rings. The highest BCUT2D eigenvalue weighted by Gasteiger charge is 2.29. The molecule has 4 nitrogen and oxygen atoms in total. The molecule has 19 heavy (non-hydrogen) atoms. The van der Waals surface area contributed by atoms with Gasteiger partial charge in [-0.15, -0.1) is 0 Å². The maximum absolute atomic E-state index is 5.59. The van der Waals surface area contributed by atoms with E-state index in [9.17, 15) is 0 Å². The van der Waals surface area contributed by atoms with Crippen LogP contribution in [-0.2, 0) is 0 Å². The Morgan fingerprint density at radius 3 is 2.58 bits per heavy atom. The molecule has 0 spiro atoms. The van der Waals surface area contributed by atoms with Crippen molar-refractivity contribution in [3.63, 3.8) is 0 Å². The highest BCUT2D eigenvalue weighted by Crippen LogP contribution is 2.40. The normalized spacial score (nSPS) is 20.5. The van der Waals surface area contributed by atoms with Crippen molar-refractivity contribution in [2.45, 2.75) is 56.8 Å². The Bertz CT molecular complexity index is 422. The Morgan fingerprint density at radius 1 is 1.11 bits per heavy atom. The minimum atomic E-state index is 0.620. The number of nitrogens with one attached hydrogen (secondary N) is 1. The summed E-state index contributed by atoms with van der Waals surface area (Å²) in [4.78, 5) is 9.43. The zero-order chi connectivity index (χ0) is 13.1. The van der Waals surface area contributed by atoms with E-state index >= 15 is 0 Å². The van der Waals surface area contributed by atoms with Gasteiger partial charge in [0.2, 0.25) is 0 Å². The van der Waals surface area contributed by atoms with Gasteiger partial charge in [-0.05, 0) is 25.7 Å². The molecule has 1 aromatic heterocycles. The molecule has 1 aromatic rings. The lowest BCUT2D eigenvalue weighted by Crippen LogP contribution is -2.17. The Hall–Kier alpha value is -1.16. The van der Waals surface area contributed by atoms with Crippen LogP contribution < -0.4 is 11.1 Å². The maximum atomic E-state index is 5.59. The van der Waals surface area contributed by atoms with Crippen molar-refractivity contribution in [1.82, 2.24) is 9.97 Å². The molecule has 0 atom stereocenters. The molecule has 3 rings (SSSR count). The van der Waals surface area contributed by atoms with E-state index in [4.69, 9.17) is 10.7 Å². The van der Waals surface area contributed by atoms with Crippen LogP contribution in [0.25, 0.3) is 0 Å². The summed E-state index contributed by atoms with van der Waals surface area (Å²) < 4.78 is 0. The zero-order valence-electron chi connectivity index (χ0n) is 11.6. The predicted octanol–water partition coefficient (Wildman–Crippen LogP) is 2.77. The lowest BCUT2D eigenvalue weighted by Gasteiger charge is -2.24. The standard InChI is InChI=1S/C15H24N4/c16-8-9-17-13-10-18-15(12-6-7-12)19-14(13)11-4-2-1-3-5-11/h10-12,17H,1-9,16H2. The van der Waals surface area contributed by atoms with Gasteiger partial charge in [0.05, 0.1) is 17.6 Å². The molecule has 0 aromatic carbocycles. The second-order valence-electron chi connectivity index (χ2n) is 5.85. The molecule has 0 saturated heterocycles. The fraction of sp³-hybridized carbons (Fsp3) is 0.733. The molecule has 104 valence electrons. The van der Waals surface area contributed by atoms with E-state index in [-0.39, 0.29) is 0 Å². The highest BCUT2D eigenvalue weighted by atomic mass is 15.0. The topological polar surface area (TPSA) is 63.8 Å². The van der Waals surface area contributed by atoms with E-state index in [0.717, 1.165) is 18.1 Å². The minimum absolute atomic E-state index is 0.620. The van der Waals surface area contributed by atoms with Gasteiger partial charge in [-0.25, -0.2) is 9.97 Å². The smallest absolute Gasteiger partial charge is 0.131 e. The van der Waals surface area contributed by atoms with Crippen LogP contribution in [0.5, 0.6) is 0 Å². The molecule has 2 saturated carbocycles. The van der Waals surface area contributed by atoms with Crippen LogP contribution >= 0.6 is 0 Å². The summed E-state index contributed by atoms with van der Waals surface area (Å²) in [5.74, 6) is 2.32. The van der Waals surface area contributed by atoms with Crippen LogP contribution in [0.15, 0.2) is 6.20 Å². The molecular formula is C15H24N4. The van der Waals surface area contributed by atoms with Crippen LogP contribution in [0, 0.1) is 0 Å². The number of hydrogen-bond donors (Lipinski definition) is 2. The molecular weight excluding hydrogens is 236 g/mol. The Labute approximate surface area is 115 Å². The molecule has 1 heterocycles. The molecule has 2 aliphatic carbocycles. The van der Waals surface area contributed by atoms with Gasteiger partial charge in [-0.2, -0.15) is 0 Å². The average Bonchev–Trinajstić information content (AvgIpc) is 3.30. The summed E-state index contributed by atoms with van der Waals surface area (Å²) in [6.07, 6.45) is 11.1. The number of aromatic nitrogens is 2. The van der Waals surface area contributed by atoms with Gasteiger partial charge in [0, 0.05) is 24.9 Å². The fourth-order valence-corrected chi connectivity index (χ4v) is 2.98. The van der Waals surface area contributed by atoms with Crippen LogP contribution in [0.2, 0.25) is 0 Å². The molecule has 2 fully saturated rings. The quantitative estimate of drug-likeness (QED) is 0.854. The van der Waals surface area contributed by atoms with E-state index < -0.39 is 0 Å². The van der Waals surface area contributed by atoms with Crippen molar-refractivity contribution < 1.29 is 0 Å².